The summed E-state index contributed by atoms with van der Waals surface area (Å²) in [5.74, 6) is -0.875. The predicted molar refractivity (Wildman–Crippen MR) is 70.3 cm³/mol. The Labute approximate surface area is 115 Å². The Hall–Kier alpha value is -1.06. The van der Waals surface area contributed by atoms with Gasteiger partial charge < -0.3 is 9.67 Å². The Morgan fingerprint density at radius 2 is 2.32 bits per heavy atom. The Balaban J connectivity index is 2.40. The number of aromatic nitrogens is 2. The molecule has 2 atom stereocenters. The van der Waals surface area contributed by atoms with Gasteiger partial charge in [0.05, 0.1) is 11.7 Å². The van der Waals surface area contributed by atoms with E-state index in [1.807, 2.05) is 6.92 Å². The third-order valence-electron chi connectivity index (χ3n) is 2.96. The van der Waals surface area contributed by atoms with Crippen LogP contribution >= 0.6 is 11.8 Å². The van der Waals surface area contributed by atoms with Crippen LogP contribution in [0.4, 0.5) is 0 Å². The molecule has 0 aromatic carbocycles. The summed E-state index contributed by atoms with van der Waals surface area (Å²) in [6, 6.07) is -1.03. The zero-order chi connectivity index (χ0) is 14.2. The van der Waals surface area contributed by atoms with E-state index in [0.29, 0.717) is 6.54 Å². The number of hydrogen-bond acceptors (Lipinski definition) is 5. The van der Waals surface area contributed by atoms with Crippen molar-refractivity contribution in [1.29, 1.82) is 0 Å². The number of nitrogens with zero attached hydrogens (tertiary/aromatic N) is 3. The summed E-state index contributed by atoms with van der Waals surface area (Å²) >= 11 is 1.31. The van der Waals surface area contributed by atoms with Gasteiger partial charge in [-0.1, -0.05) is 0 Å². The maximum atomic E-state index is 12.5. The lowest BCUT2D eigenvalue weighted by Crippen LogP contribution is -2.44. The second kappa shape index (κ2) is 5.14. The van der Waals surface area contributed by atoms with E-state index in [1.165, 1.54) is 24.3 Å². The van der Waals surface area contributed by atoms with E-state index in [0.717, 1.165) is 4.31 Å². The van der Waals surface area contributed by atoms with Crippen LogP contribution in [0.5, 0.6) is 0 Å². The van der Waals surface area contributed by atoms with Crippen molar-refractivity contribution < 1.29 is 18.3 Å². The number of aliphatic carboxylic acids is 1. The first-order valence-electron chi connectivity index (χ1n) is 5.77. The number of hydrogen-bond donors (Lipinski definition) is 1. The van der Waals surface area contributed by atoms with Gasteiger partial charge in [0.1, 0.15) is 6.04 Å². The van der Waals surface area contributed by atoms with Crippen molar-refractivity contribution in [2.24, 2.45) is 0 Å². The van der Waals surface area contributed by atoms with Gasteiger partial charge >= 0.3 is 5.97 Å². The molecule has 2 unspecified atom stereocenters. The Morgan fingerprint density at radius 1 is 1.63 bits per heavy atom. The minimum absolute atomic E-state index is 0.102. The molecule has 2 heterocycles. The van der Waals surface area contributed by atoms with Gasteiger partial charge in [-0.3, -0.25) is 4.79 Å². The molecule has 1 aromatic heterocycles. The quantitative estimate of drug-likeness (QED) is 0.867. The zero-order valence-corrected chi connectivity index (χ0v) is 12.2. The predicted octanol–water partition coefficient (Wildman–Crippen LogP) is 0.440. The van der Waals surface area contributed by atoms with Crippen molar-refractivity contribution in [2.45, 2.75) is 36.8 Å². The summed E-state index contributed by atoms with van der Waals surface area (Å²) in [7, 11) is -3.87. The maximum Gasteiger partial charge on any atom is 0.322 e. The van der Waals surface area contributed by atoms with Gasteiger partial charge in [-0.25, -0.2) is 13.4 Å². The number of carboxylic acid groups (broad SMARTS) is 1. The second-order valence-electron chi connectivity index (χ2n) is 4.16. The van der Waals surface area contributed by atoms with E-state index in [4.69, 9.17) is 5.11 Å². The lowest BCUT2D eigenvalue weighted by Gasteiger charge is -2.22. The van der Waals surface area contributed by atoms with Crippen molar-refractivity contribution in [3.05, 3.63) is 12.5 Å². The van der Waals surface area contributed by atoms with E-state index < -0.39 is 27.4 Å². The highest BCUT2D eigenvalue weighted by atomic mass is 32.2. The second-order valence-corrected chi connectivity index (χ2v) is 7.30. The molecular formula is C10H15N3O4S2. The first kappa shape index (κ1) is 14.4. The van der Waals surface area contributed by atoms with Gasteiger partial charge in [0.15, 0.2) is 5.03 Å². The highest BCUT2D eigenvalue weighted by molar-refractivity contribution is 8.01. The molecular weight excluding hydrogens is 290 g/mol. The highest BCUT2D eigenvalue weighted by Crippen LogP contribution is 2.33. The minimum Gasteiger partial charge on any atom is -0.480 e. The molecule has 0 aliphatic carbocycles. The lowest BCUT2D eigenvalue weighted by atomic mass is 10.3. The molecule has 0 bridgehead atoms. The Kier molecular flexibility index (Phi) is 3.88. The first-order valence-corrected chi connectivity index (χ1v) is 8.26. The molecule has 1 N–H and O–H groups in total. The van der Waals surface area contributed by atoms with E-state index in [1.54, 1.807) is 11.5 Å². The molecule has 1 fully saturated rings. The molecule has 1 aromatic rings. The topological polar surface area (TPSA) is 92.5 Å². The Bertz CT molecular complexity index is 583. The van der Waals surface area contributed by atoms with Crippen molar-refractivity contribution in [1.82, 2.24) is 13.9 Å². The maximum absolute atomic E-state index is 12.5. The molecule has 9 heteroatoms. The average Bonchev–Trinajstić information content (AvgIpc) is 2.94. The zero-order valence-electron chi connectivity index (χ0n) is 10.6. The fourth-order valence-electron chi connectivity index (χ4n) is 1.93. The fourth-order valence-corrected chi connectivity index (χ4v) is 5.16. The van der Waals surface area contributed by atoms with Crippen LogP contribution in [0.3, 0.4) is 0 Å². The molecule has 2 rings (SSSR count). The number of carboxylic acids is 1. The molecule has 0 spiro atoms. The number of aryl methyl sites for hydroxylation is 1. The van der Waals surface area contributed by atoms with Crippen LogP contribution in [-0.2, 0) is 21.4 Å². The van der Waals surface area contributed by atoms with E-state index in [2.05, 4.69) is 4.98 Å². The van der Waals surface area contributed by atoms with Crippen LogP contribution in [-0.4, -0.2) is 50.5 Å². The standard InChI is InChI=1S/C10H15N3O4S2/c1-3-12-4-9(11-6-12)19(16,17)13-7(2)18-5-8(13)10(14)15/h4,6-8H,3,5H2,1-2H3,(H,14,15). The smallest absolute Gasteiger partial charge is 0.322 e. The van der Waals surface area contributed by atoms with Gasteiger partial charge in [0.25, 0.3) is 10.0 Å². The third kappa shape index (κ3) is 2.49. The molecule has 1 aliphatic heterocycles. The van der Waals surface area contributed by atoms with Gasteiger partial charge in [-0.2, -0.15) is 4.31 Å². The molecule has 0 saturated carbocycles. The molecule has 19 heavy (non-hydrogen) atoms. The van der Waals surface area contributed by atoms with Gasteiger partial charge in [-0.15, -0.1) is 11.8 Å². The summed E-state index contributed by atoms with van der Waals surface area (Å²) in [5.41, 5.74) is 0. The molecule has 0 radical (unpaired) electrons. The summed E-state index contributed by atoms with van der Waals surface area (Å²) in [4.78, 5) is 15.0. The van der Waals surface area contributed by atoms with E-state index in [9.17, 15) is 13.2 Å². The SMILES string of the molecule is CCn1cnc(S(=O)(=O)N2C(C)SCC2C(=O)O)c1. The lowest BCUT2D eigenvalue weighted by molar-refractivity contribution is -0.140. The summed E-state index contributed by atoms with van der Waals surface area (Å²) in [6.07, 6.45) is 2.85. The van der Waals surface area contributed by atoms with Crippen molar-refractivity contribution in [3.63, 3.8) is 0 Å². The fraction of sp³-hybridized carbons (Fsp3) is 0.600. The van der Waals surface area contributed by atoms with Crippen LogP contribution in [0.15, 0.2) is 17.6 Å². The van der Waals surface area contributed by atoms with Gasteiger partial charge in [-0.05, 0) is 13.8 Å². The van der Waals surface area contributed by atoms with Crippen molar-refractivity contribution in [2.75, 3.05) is 5.75 Å². The average molecular weight is 305 g/mol. The largest absolute Gasteiger partial charge is 0.480 e. The van der Waals surface area contributed by atoms with Crippen LogP contribution in [0.1, 0.15) is 13.8 Å². The van der Waals surface area contributed by atoms with E-state index in [-0.39, 0.29) is 10.8 Å². The summed E-state index contributed by atoms with van der Waals surface area (Å²) < 4.78 is 27.6. The molecule has 1 aliphatic rings. The molecule has 106 valence electrons. The van der Waals surface area contributed by atoms with Crippen molar-refractivity contribution >= 4 is 27.8 Å². The highest BCUT2D eigenvalue weighted by Gasteiger charge is 2.45. The monoisotopic (exact) mass is 305 g/mol. The summed E-state index contributed by atoms with van der Waals surface area (Å²) in [5, 5.41) is 8.61. The molecule has 7 nitrogen and oxygen atoms in total. The number of sulfonamides is 1. The van der Waals surface area contributed by atoms with Crippen LogP contribution in [0, 0.1) is 0 Å². The third-order valence-corrected chi connectivity index (χ3v) is 6.18. The van der Waals surface area contributed by atoms with Crippen LogP contribution < -0.4 is 0 Å². The number of thioether (sulfide) groups is 1. The number of rotatable bonds is 4. The van der Waals surface area contributed by atoms with Crippen molar-refractivity contribution in [3.8, 4) is 0 Å². The van der Waals surface area contributed by atoms with Crippen LogP contribution in [0.25, 0.3) is 0 Å². The number of imidazole rings is 1. The number of carbonyl (C=O) groups is 1. The molecule has 1 saturated heterocycles. The van der Waals surface area contributed by atoms with Gasteiger partial charge in [0.2, 0.25) is 0 Å². The Morgan fingerprint density at radius 3 is 2.84 bits per heavy atom. The van der Waals surface area contributed by atoms with E-state index >= 15 is 0 Å². The summed E-state index contributed by atoms with van der Waals surface area (Å²) in [6.45, 7) is 4.16. The first-order chi connectivity index (χ1) is 8.87. The van der Waals surface area contributed by atoms with Gasteiger partial charge in [0, 0.05) is 18.5 Å². The van der Waals surface area contributed by atoms with Crippen LogP contribution in [0.2, 0.25) is 0 Å². The normalized spacial score (nSPS) is 24.7. The molecule has 0 amide bonds. The minimum atomic E-state index is -3.87.